The molecule has 2 saturated heterocycles. The highest BCUT2D eigenvalue weighted by molar-refractivity contribution is 5.68. The standard InChI is InChI=1S/C12H20N2O4/c1-2-5-17-11(15)14-4-7-18-12(9-14)8-13-3-6-16-10-12/h2,13H,1,3-10H2. The van der Waals surface area contributed by atoms with Crippen LogP contribution in [0.2, 0.25) is 0 Å². The van der Waals surface area contributed by atoms with Crippen molar-refractivity contribution in [2.24, 2.45) is 0 Å². The summed E-state index contributed by atoms with van der Waals surface area (Å²) < 4.78 is 16.4. The molecule has 0 aromatic carbocycles. The lowest BCUT2D eigenvalue weighted by atomic mass is 10.0. The molecule has 2 fully saturated rings. The number of nitrogens with zero attached hydrogens (tertiary/aromatic N) is 1. The first-order chi connectivity index (χ1) is 8.76. The molecule has 2 heterocycles. The summed E-state index contributed by atoms with van der Waals surface area (Å²) >= 11 is 0. The van der Waals surface area contributed by atoms with Crippen molar-refractivity contribution in [2.75, 3.05) is 52.6 Å². The molecule has 0 bridgehead atoms. The molecule has 0 aromatic heterocycles. The van der Waals surface area contributed by atoms with Crippen LogP contribution in [0.4, 0.5) is 4.79 Å². The van der Waals surface area contributed by atoms with Gasteiger partial charge in [-0.1, -0.05) is 12.7 Å². The molecule has 1 unspecified atom stereocenters. The number of morpholine rings is 1. The van der Waals surface area contributed by atoms with Crippen LogP contribution in [-0.2, 0) is 14.2 Å². The highest BCUT2D eigenvalue weighted by atomic mass is 16.6. The third kappa shape index (κ3) is 3.22. The largest absolute Gasteiger partial charge is 0.445 e. The van der Waals surface area contributed by atoms with Crippen LogP contribution in [0.25, 0.3) is 0 Å². The Labute approximate surface area is 107 Å². The average molecular weight is 256 g/mol. The third-order valence-corrected chi connectivity index (χ3v) is 3.07. The SMILES string of the molecule is C=CCOC(=O)N1CCOC2(CNCCOC2)C1. The first-order valence-electron chi connectivity index (χ1n) is 6.21. The predicted molar refractivity (Wildman–Crippen MR) is 65.5 cm³/mol. The maximum absolute atomic E-state index is 11.8. The van der Waals surface area contributed by atoms with Gasteiger partial charge in [0.05, 0.1) is 26.4 Å². The molecule has 6 nitrogen and oxygen atoms in total. The zero-order valence-corrected chi connectivity index (χ0v) is 10.5. The Morgan fingerprint density at radius 2 is 2.44 bits per heavy atom. The molecule has 0 radical (unpaired) electrons. The predicted octanol–water partition coefficient (Wildman–Crippen LogP) is -0.000200. The molecular formula is C12H20N2O4. The van der Waals surface area contributed by atoms with Gasteiger partial charge in [0, 0.05) is 19.6 Å². The second kappa shape index (κ2) is 6.17. The summed E-state index contributed by atoms with van der Waals surface area (Å²) in [6.07, 6.45) is 1.24. The minimum atomic E-state index is -0.443. The van der Waals surface area contributed by atoms with E-state index < -0.39 is 5.60 Å². The van der Waals surface area contributed by atoms with Gasteiger partial charge in [-0.2, -0.15) is 0 Å². The Hall–Kier alpha value is -1.11. The van der Waals surface area contributed by atoms with Crippen molar-refractivity contribution in [3.8, 4) is 0 Å². The molecule has 0 aromatic rings. The summed E-state index contributed by atoms with van der Waals surface area (Å²) in [7, 11) is 0. The van der Waals surface area contributed by atoms with Crippen LogP contribution in [0.1, 0.15) is 0 Å². The second-order valence-corrected chi connectivity index (χ2v) is 4.55. The Morgan fingerprint density at radius 3 is 3.28 bits per heavy atom. The molecule has 2 aliphatic heterocycles. The van der Waals surface area contributed by atoms with Crippen LogP contribution in [0.3, 0.4) is 0 Å². The van der Waals surface area contributed by atoms with Crippen LogP contribution in [0.5, 0.6) is 0 Å². The monoisotopic (exact) mass is 256 g/mol. The van der Waals surface area contributed by atoms with E-state index in [2.05, 4.69) is 11.9 Å². The van der Waals surface area contributed by atoms with Gasteiger partial charge in [-0.3, -0.25) is 0 Å². The maximum atomic E-state index is 11.8. The molecule has 102 valence electrons. The molecule has 6 heteroatoms. The van der Waals surface area contributed by atoms with E-state index in [0.717, 1.165) is 6.54 Å². The molecule has 2 aliphatic rings. The van der Waals surface area contributed by atoms with Crippen molar-refractivity contribution in [3.63, 3.8) is 0 Å². The van der Waals surface area contributed by atoms with Gasteiger partial charge in [0.25, 0.3) is 0 Å². The first kappa shape index (κ1) is 13.3. The number of carbonyl (C=O) groups is 1. The van der Waals surface area contributed by atoms with E-state index in [9.17, 15) is 4.79 Å². The fourth-order valence-corrected chi connectivity index (χ4v) is 2.19. The van der Waals surface area contributed by atoms with E-state index >= 15 is 0 Å². The number of rotatable bonds is 2. The van der Waals surface area contributed by atoms with Crippen molar-refractivity contribution >= 4 is 6.09 Å². The molecule has 18 heavy (non-hydrogen) atoms. The van der Waals surface area contributed by atoms with E-state index in [1.807, 2.05) is 0 Å². The molecule has 1 atom stereocenters. The Balaban J connectivity index is 1.94. The first-order valence-corrected chi connectivity index (χ1v) is 6.21. The number of amides is 1. The van der Waals surface area contributed by atoms with Gasteiger partial charge in [0.1, 0.15) is 12.2 Å². The highest BCUT2D eigenvalue weighted by Gasteiger charge is 2.39. The minimum absolute atomic E-state index is 0.234. The minimum Gasteiger partial charge on any atom is -0.445 e. The summed E-state index contributed by atoms with van der Waals surface area (Å²) in [6, 6.07) is 0. The van der Waals surface area contributed by atoms with E-state index in [0.29, 0.717) is 39.5 Å². The molecular weight excluding hydrogens is 236 g/mol. The molecule has 1 spiro atoms. The molecule has 1 N–H and O–H groups in total. The van der Waals surface area contributed by atoms with Crippen molar-refractivity contribution in [1.29, 1.82) is 0 Å². The number of hydrogen-bond acceptors (Lipinski definition) is 5. The molecule has 0 saturated carbocycles. The quantitative estimate of drug-likeness (QED) is 0.705. The van der Waals surface area contributed by atoms with Gasteiger partial charge in [0.15, 0.2) is 0 Å². The zero-order chi connectivity index (χ0) is 12.8. The third-order valence-electron chi connectivity index (χ3n) is 3.07. The smallest absolute Gasteiger partial charge is 0.410 e. The number of ether oxygens (including phenoxy) is 3. The molecule has 0 aliphatic carbocycles. The van der Waals surface area contributed by atoms with Crippen LogP contribution < -0.4 is 5.32 Å². The van der Waals surface area contributed by atoms with Crippen molar-refractivity contribution in [2.45, 2.75) is 5.60 Å². The van der Waals surface area contributed by atoms with Gasteiger partial charge < -0.3 is 24.4 Å². The van der Waals surface area contributed by atoms with Crippen molar-refractivity contribution in [3.05, 3.63) is 12.7 Å². The number of carbonyl (C=O) groups excluding carboxylic acids is 1. The summed E-state index contributed by atoms with van der Waals surface area (Å²) in [6.45, 7) is 8.00. The zero-order valence-electron chi connectivity index (χ0n) is 10.5. The average Bonchev–Trinajstić information content (AvgIpc) is 2.62. The molecule has 2 rings (SSSR count). The fourth-order valence-electron chi connectivity index (χ4n) is 2.19. The van der Waals surface area contributed by atoms with E-state index in [4.69, 9.17) is 14.2 Å². The summed E-state index contributed by atoms with van der Waals surface area (Å²) in [5, 5.41) is 3.27. The van der Waals surface area contributed by atoms with Gasteiger partial charge in [-0.05, 0) is 0 Å². The summed E-state index contributed by atoms with van der Waals surface area (Å²) in [4.78, 5) is 13.5. The Morgan fingerprint density at radius 1 is 1.56 bits per heavy atom. The highest BCUT2D eigenvalue weighted by Crippen LogP contribution is 2.20. The second-order valence-electron chi connectivity index (χ2n) is 4.55. The Kier molecular flexibility index (Phi) is 4.57. The number of nitrogens with one attached hydrogen (secondary N) is 1. The lowest BCUT2D eigenvalue weighted by Gasteiger charge is -2.41. The lowest BCUT2D eigenvalue weighted by molar-refractivity contribution is -0.128. The van der Waals surface area contributed by atoms with Crippen LogP contribution in [0, 0.1) is 0 Å². The van der Waals surface area contributed by atoms with E-state index in [-0.39, 0.29) is 12.7 Å². The van der Waals surface area contributed by atoms with Gasteiger partial charge in [-0.25, -0.2) is 4.79 Å². The van der Waals surface area contributed by atoms with Gasteiger partial charge >= 0.3 is 6.09 Å². The normalized spacial score (nSPS) is 28.8. The van der Waals surface area contributed by atoms with Crippen molar-refractivity contribution in [1.82, 2.24) is 10.2 Å². The van der Waals surface area contributed by atoms with Gasteiger partial charge in [0.2, 0.25) is 0 Å². The maximum Gasteiger partial charge on any atom is 0.410 e. The van der Waals surface area contributed by atoms with E-state index in [1.54, 1.807) is 11.0 Å². The summed E-state index contributed by atoms with van der Waals surface area (Å²) in [5.74, 6) is 0. The fraction of sp³-hybridized carbons (Fsp3) is 0.750. The van der Waals surface area contributed by atoms with Gasteiger partial charge in [-0.15, -0.1) is 0 Å². The van der Waals surface area contributed by atoms with Crippen LogP contribution in [0.15, 0.2) is 12.7 Å². The summed E-state index contributed by atoms with van der Waals surface area (Å²) in [5.41, 5.74) is -0.443. The van der Waals surface area contributed by atoms with Crippen molar-refractivity contribution < 1.29 is 19.0 Å². The van der Waals surface area contributed by atoms with Crippen LogP contribution >= 0.6 is 0 Å². The van der Waals surface area contributed by atoms with E-state index in [1.165, 1.54) is 0 Å². The lowest BCUT2D eigenvalue weighted by Crippen LogP contribution is -2.59. The number of hydrogen-bond donors (Lipinski definition) is 1. The van der Waals surface area contributed by atoms with Crippen LogP contribution in [-0.4, -0.2) is 69.2 Å². The topological polar surface area (TPSA) is 60.0 Å². The Bertz CT molecular complexity index is 300. The molecule has 1 amide bonds.